The Morgan fingerprint density at radius 1 is 1.47 bits per heavy atom. The molecule has 0 spiro atoms. The fourth-order valence-electron chi connectivity index (χ4n) is 2.66. The van der Waals surface area contributed by atoms with E-state index < -0.39 is 0 Å². The van der Waals surface area contributed by atoms with Crippen LogP contribution in [0.5, 0.6) is 0 Å². The van der Waals surface area contributed by atoms with Gasteiger partial charge < -0.3 is 10.2 Å². The van der Waals surface area contributed by atoms with Crippen LogP contribution < -0.4 is 5.32 Å². The lowest BCUT2D eigenvalue weighted by atomic mass is 9.77. The Labute approximate surface area is 106 Å². The smallest absolute Gasteiger partial charge is 0.240 e. The first-order valence-corrected chi connectivity index (χ1v) is 6.94. The van der Waals surface area contributed by atoms with E-state index in [1.807, 2.05) is 4.90 Å². The van der Waals surface area contributed by atoms with Crippen molar-refractivity contribution < 1.29 is 4.79 Å². The molecule has 0 aromatic heterocycles. The molecule has 1 aliphatic rings. The van der Waals surface area contributed by atoms with Gasteiger partial charge in [-0.3, -0.25) is 4.79 Å². The first-order chi connectivity index (χ1) is 7.90. The van der Waals surface area contributed by atoms with Gasteiger partial charge in [0.1, 0.15) is 0 Å². The molecule has 17 heavy (non-hydrogen) atoms. The molecule has 1 atom stereocenters. The molecule has 0 aromatic rings. The molecular formula is C14H28N2O. The maximum absolute atomic E-state index is 12.6. The van der Waals surface area contributed by atoms with Crippen molar-refractivity contribution in [3.63, 3.8) is 0 Å². The van der Waals surface area contributed by atoms with Gasteiger partial charge in [-0.2, -0.15) is 0 Å². The third kappa shape index (κ3) is 3.44. The Morgan fingerprint density at radius 2 is 2.12 bits per heavy atom. The van der Waals surface area contributed by atoms with Crippen LogP contribution in [-0.2, 0) is 4.79 Å². The lowest BCUT2D eigenvalue weighted by Crippen LogP contribution is -2.57. The molecule has 1 saturated heterocycles. The van der Waals surface area contributed by atoms with Gasteiger partial charge in [0.2, 0.25) is 5.91 Å². The van der Waals surface area contributed by atoms with Crippen LogP contribution in [0.15, 0.2) is 0 Å². The molecule has 1 rings (SSSR count). The highest BCUT2D eigenvalue weighted by molar-refractivity contribution is 5.83. The van der Waals surface area contributed by atoms with Crippen molar-refractivity contribution in [1.29, 1.82) is 0 Å². The SMILES string of the molecule is CCCN(C(=O)C1NCCCC1(C)C)C(C)C. The summed E-state index contributed by atoms with van der Waals surface area (Å²) in [6, 6.07) is 0.284. The van der Waals surface area contributed by atoms with Crippen molar-refractivity contribution in [2.75, 3.05) is 13.1 Å². The standard InChI is InChI=1S/C14H28N2O/c1-6-10-16(11(2)3)13(17)12-14(4,5)8-7-9-15-12/h11-12,15H,6-10H2,1-5H3. The van der Waals surface area contributed by atoms with Crippen LogP contribution in [-0.4, -0.2) is 36.0 Å². The Hall–Kier alpha value is -0.570. The number of rotatable bonds is 4. The molecule has 1 amide bonds. The molecule has 0 radical (unpaired) electrons. The van der Waals surface area contributed by atoms with Gasteiger partial charge >= 0.3 is 0 Å². The Balaban J connectivity index is 2.78. The number of hydrogen-bond acceptors (Lipinski definition) is 2. The number of carbonyl (C=O) groups excluding carboxylic acids is 1. The molecule has 0 aromatic carbocycles. The van der Waals surface area contributed by atoms with Crippen molar-refractivity contribution >= 4 is 5.91 Å². The predicted molar refractivity (Wildman–Crippen MR) is 71.9 cm³/mol. The van der Waals surface area contributed by atoms with Crippen molar-refractivity contribution in [3.8, 4) is 0 Å². The minimum absolute atomic E-state index is 0.00907. The number of hydrogen-bond donors (Lipinski definition) is 1. The fourth-order valence-corrected chi connectivity index (χ4v) is 2.66. The van der Waals surface area contributed by atoms with Gasteiger partial charge in [0.05, 0.1) is 6.04 Å². The van der Waals surface area contributed by atoms with E-state index in [9.17, 15) is 4.79 Å². The van der Waals surface area contributed by atoms with Crippen LogP contribution in [0.1, 0.15) is 53.9 Å². The normalized spacial score (nSPS) is 23.8. The summed E-state index contributed by atoms with van der Waals surface area (Å²) in [5.74, 6) is 0.284. The third-order valence-corrected chi connectivity index (χ3v) is 3.75. The molecule has 0 bridgehead atoms. The molecule has 1 unspecified atom stereocenters. The van der Waals surface area contributed by atoms with Gasteiger partial charge in [0.25, 0.3) is 0 Å². The van der Waals surface area contributed by atoms with Crippen LogP contribution >= 0.6 is 0 Å². The predicted octanol–water partition coefficient (Wildman–Crippen LogP) is 2.41. The highest BCUT2D eigenvalue weighted by Crippen LogP contribution is 2.31. The molecular weight excluding hydrogens is 212 g/mol. The highest BCUT2D eigenvalue weighted by Gasteiger charge is 2.39. The maximum Gasteiger partial charge on any atom is 0.240 e. The molecule has 1 N–H and O–H groups in total. The summed E-state index contributed by atoms with van der Waals surface area (Å²) < 4.78 is 0. The molecule has 100 valence electrons. The van der Waals surface area contributed by atoms with Crippen LogP contribution in [0, 0.1) is 5.41 Å². The van der Waals surface area contributed by atoms with Crippen LogP contribution in [0.2, 0.25) is 0 Å². The summed E-state index contributed by atoms with van der Waals surface area (Å²) in [6.07, 6.45) is 3.33. The van der Waals surface area contributed by atoms with E-state index in [1.54, 1.807) is 0 Å². The molecule has 3 nitrogen and oxygen atoms in total. The average Bonchev–Trinajstić information content (AvgIpc) is 2.24. The van der Waals surface area contributed by atoms with Crippen molar-refractivity contribution in [1.82, 2.24) is 10.2 Å². The molecule has 1 fully saturated rings. The monoisotopic (exact) mass is 240 g/mol. The number of nitrogens with zero attached hydrogens (tertiary/aromatic N) is 1. The number of amides is 1. The van der Waals surface area contributed by atoms with E-state index in [-0.39, 0.29) is 17.4 Å². The summed E-state index contributed by atoms with van der Waals surface area (Å²) in [7, 11) is 0. The molecule has 3 heteroatoms. The van der Waals surface area contributed by atoms with E-state index >= 15 is 0 Å². The van der Waals surface area contributed by atoms with Crippen LogP contribution in [0.25, 0.3) is 0 Å². The van der Waals surface area contributed by atoms with Gasteiger partial charge in [-0.1, -0.05) is 20.8 Å². The van der Waals surface area contributed by atoms with Crippen LogP contribution in [0.3, 0.4) is 0 Å². The second-order valence-corrected chi connectivity index (χ2v) is 6.10. The van der Waals surface area contributed by atoms with E-state index in [0.717, 1.165) is 25.9 Å². The van der Waals surface area contributed by atoms with E-state index in [0.29, 0.717) is 6.04 Å². The van der Waals surface area contributed by atoms with Gasteiger partial charge in [0, 0.05) is 12.6 Å². The van der Waals surface area contributed by atoms with Gasteiger partial charge in [0.15, 0.2) is 0 Å². The lowest BCUT2D eigenvalue weighted by Gasteiger charge is -2.41. The summed E-state index contributed by atoms with van der Waals surface area (Å²) >= 11 is 0. The summed E-state index contributed by atoms with van der Waals surface area (Å²) in [5, 5.41) is 3.41. The summed E-state index contributed by atoms with van der Waals surface area (Å²) in [4.78, 5) is 14.6. The zero-order valence-corrected chi connectivity index (χ0v) is 12.0. The van der Waals surface area contributed by atoms with E-state index in [4.69, 9.17) is 0 Å². The third-order valence-electron chi connectivity index (χ3n) is 3.75. The van der Waals surface area contributed by atoms with Crippen LogP contribution in [0.4, 0.5) is 0 Å². The number of piperidine rings is 1. The Morgan fingerprint density at radius 3 is 2.59 bits per heavy atom. The summed E-state index contributed by atoms with van der Waals surface area (Å²) in [5.41, 5.74) is 0.0796. The molecule has 0 aliphatic carbocycles. The first kappa shape index (κ1) is 14.5. The fraction of sp³-hybridized carbons (Fsp3) is 0.929. The average molecular weight is 240 g/mol. The second kappa shape index (κ2) is 5.85. The van der Waals surface area contributed by atoms with Crippen molar-refractivity contribution in [3.05, 3.63) is 0 Å². The van der Waals surface area contributed by atoms with E-state index in [1.165, 1.54) is 6.42 Å². The van der Waals surface area contributed by atoms with Gasteiger partial charge in [-0.15, -0.1) is 0 Å². The second-order valence-electron chi connectivity index (χ2n) is 6.10. The lowest BCUT2D eigenvalue weighted by molar-refractivity contribution is -0.139. The van der Waals surface area contributed by atoms with E-state index in [2.05, 4.69) is 39.9 Å². The highest BCUT2D eigenvalue weighted by atomic mass is 16.2. The zero-order chi connectivity index (χ0) is 13.1. The maximum atomic E-state index is 12.6. The van der Waals surface area contributed by atoms with Gasteiger partial charge in [-0.05, 0) is 45.1 Å². The quantitative estimate of drug-likeness (QED) is 0.818. The van der Waals surface area contributed by atoms with Gasteiger partial charge in [-0.25, -0.2) is 0 Å². The first-order valence-electron chi connectivity index (χ1n) is 6.94. The minimum Gasteiger partial charge on any atom is -0.339 e. The minimum atomic E-state index is -0.00907. The largest absolute Gasteiger partial charge is 0.339 e. The number of nitrogens with one attached hydrogen (secondary N) is 1. The number of carbonyl (C=O) groups is 1. The molecule has 1 aliphatic heterocycles. The molecule has 0 saturated carbocycles. The van der Waals surface area contributed by atoms with Crippen molar-refractivity contribution in [2.45, 2.75) is 66.0 Å². The topological polar surface area (TPSA) is 32.3 Å². The zero-order valence-electron chi connectivity index (χ0n) is 12.0. The molecule has 1 heterocycles. The Bertz CT molecular complexity index is 261. The summed E-state index contributed by atoms with van der Waals surface area (Å²) in [6.45, 7) is 12.6. The Kier molecular flexibility index (Phi) is 4.99. The van der Waals surface area contributed by atoms with Crippen molar-refractivity contribution in [2.24, 2.45) is 5.41 Å².